The summed E-state index contributed by atoms with van der Waals surface area (Å²) in [6.45, 7) is 2.81. The smallest absolute Gasteiger partial charge is 0.339 e. The average Bonchev–Trinajstić information content (AvgIpc) is 2.80. The lowest BCUT2D eigenvalue weighted by atomic mass is 9.69. The minimum Gasteiger partial charge on any atom is -0.454 e. The minimum absolute atomic E-state index is 0.0904. The fourth-order valence-corrected chi connectivity index (χ4v) is 5.64. The van der Waals surface area contributed by atoms with Crippen molar-refractivity contribution in [3.8, 4) is 0 Å². The molecule has 162 valence electrons. The predicted molar refractivity (Wildman–Crippen MR) is 121 cm³/mol. The van der Waals surface area contributed by atoms with Gasteiger partial charge in [0.15, 0.2) is 0 Å². The molecule has 5 nitrogen and oxygen atoms in total. The molecule has 2 aromatic rings. The topological polar surface area (TPSA) is 49.9 Å². The molecule has 0 unspecified atom stereocenters. The van der Waals surface area contributed by atoms with Gasteiger partial charge in [0, 0.05) is 36.9 Å². The molecule has 2 aliphatic heterocycles. The molecule has 1 saturated heterocycles. The average molecular weight is 439 g/mol. The van der Waals surface area contributed by atoms with Crippen molar-refractivity contribution in [2.75, 3.05) is 31.1 Å². The van der Waals surface area contributed by atoms with E-state index in [2.05, 4.69) is 11.0 Å². The zero-order valence-electron chi connectivity index (χ0n) is 17.6. The normalized spacial score (nSPS) is 22.7. The number of amides is 1. The number of halogens is 1. The van der Waals surface area contributed by atoms with Crippen molar-refractivity contribution < 1.29 is 14.3 Å². The SMILES string of the molecule is O=C1OC2(CCCCC2)[C@H](C(=O)N2CCN(c3cccc(Cl)c3)CC2)c2ccccc21. The molecule has 2 heterocycles. The van der Waals surface area contributed by atoms with E-state index in [4.69, 9.17) is 16.3 Å². The Labute approximate surface area is 187 Å². The first-order chi connectivity index (χ1) is 15.1. The number of hydrogen-bond acceptors (Lipinski definition) is 4. The Balaban J connectivity index is 1.40. The van der Waals surface area contributed by atoms with E-state index in [9.17, 15) is 9.59 Å². The second-order valence-corrected chi connectivity index (χ2v) is 9.26. The molecule has 0 bridgehead atoms. The van der Waals surface area contributed by atoms with Gasteiger partial charge in [0.2, 0.25) is 5.91 Å². The Morgan fingerprint density at radius 1 is 0.968 bits per heavy atom. The fraction of sp³-hybridized carbons (Fsp3) is 0.440. The number of ether oxygens (including phenoxy) is 1. The van der Waals surface area contributed by atoms with Crippen molar-refractivity contribution in [2.24, 2.45) is 0 Å². The van der Waals surface area contributed by atoms with Crippen molar-refractivity contribution in [2.45, 2.75) is 43.6 Å². The second-order valence-electron chi connectivity index (χ2n) is 8.83. The summed E-state index contributed by atoms with van der Waals surface area (Å²) in [5.74, 6) is -0.612. The molecule has 6 heteroatoms. The molecule has 3 aliphatic rings. The Hall–Kier alpha value is -2.53. The van der Waals surface area contributed by atoms with E-state index in [1.165, 1.54) is 0 Å². The first-order valence-electron chi connectivity index (χ1n) is 11.2. The molecule has 2 fully saturated rings. The van der Waals surface area contributed by atoms with Gasteiger partial charge in [-0.05, 0) is 55.5 Å². The zero-order valence-corrected chi connectivity index (χ0v) is 18.3. The summed E-state index contributed by atoms with van der Waals surface area (Å²) >= 11 is 6.15. The second kappa shape index (κ2) is 8.19. The first kappa shape index (κ1) is 20.4. The third-order valence-electron chi connectivity index (χ3n) is 7.03. The van der Waals surface area contributed by atoms with E-state index in [0.717, 1.165) is 61.5 Å². The molecule has 0 aromatic heterocycles. The van der Waals surface area contributed by atoms with Gasteiger partial charge >= 0.3 is 5.97 Å². The van der Waals surface area contributed by atoms with Crippen LogP contribution in [0.3, 0.4) is 0 Å². The number of hydrogen-bond donors (Lipinski definition) is 0. The van der Waals surface area contributed by atoms with Gasteiger partial charge in [-0.2, -0.15) is 0 Å². The van der Waals surface area contributed by atoms with Crippen LogP contribution in [0.5, 0.6) is 0 Å². The zero-order chi connectivity index (χ0) is 21.4. The monoisotopic (exact) mass is 438 g/mol. The maximum Gasteiger partial charge on any atom is 0.339 e. The number of rotatable bonds is 2. The van der Waals surface area contributed by atoms with Crippen LogP contribution in [0.15, 0.2) is 48.5 Å². The van der Waals surface area contributed by atoms with Crippen molar-refractivity contribution in [3.05, 3.63) is 64.7 Å². The number of piperazine rings is 1. The lowest BCUT2D eigenvalue weighted by Gasteiger charge is -2.47. The van der Waals surface area contributed by atoms with Crippen molar-refractivity contribution in [3.63, 3.8) is 0 Å². The molecular weight excluding hydrogens is 412 g/mol. The third-order valence-corrected chi connectivity index (χ3v) is 7.26. The molecule has 1 saturated carbocycles. The third kappa shape index (κ3) is 3.69. The molecule has 31 heavy (non-hydrogen) atoms. The van der Waals surface area contributed by atoms with Gasteiger partial charge in [0.25, 0.3) is 0 Å². The Bertz CT molecular complexity index is 994. The number of esters is 1. The Kier molecular flexibility index (Phi) is 5.39. The Morgan fingerprint density at radius 2 is 1.71 bits per heavy atom. The van der Waals surface area contributed by atoms with Gasteiger partial charge in [-0.25, -0.2) is 4.79 Å². The van der Waals surface area contributed by atoms with Crippen LogP contribution in [0.1, 0.15) is 53.9 Å². The van der Waals surface area contributed by atoms with Crippen LogP contribution in [0.25, 0.3) is 0 Å². The van der Waals surface area contributed by atoms with E-state index in [1.807, 2.05) is 41.3 Å². The van der Waals surface area contributed by atoms with Crippen LogP contribution < -0.4 is 4.90 Å². The largest absolute Gasteiger partial charge is 0.454 e. The van der Waals surface area contributed by atoms with Gasteiger partial charge < -0.3 is 14.5 Å². The van der Waals surface area contributed by atoms with Crippen LogP contribution in [-0.2, 0) is 9.53 Å². The van der Waals surface area contributed by atoms with Crippen LogP contribution in [0, 0.1) is 0 Å². The molecule has 1 spiro atoms. The molecule has 5 rings (SSSR count). The van der Waals surface area contributed by atoms with E-state index in [-0.39, 0.29) is 11.9 Å². The van der Waals surface area contributed by atoms with E-state index in [1.54, 1.807) is 6.07 Å². The standard InChI is InChI=1S/C25H27ClN2O3/c26-18-7-6-8-19(17-18)27-13-15-28(16-14-27)23(29)22-20-9-2-3-10-21(20)24(30)31-25(22)11-4-1-5-12-25/h2-3,6-10,17,22H,1,4-5,11-16H2/t22-/m0/s1. The number of anilines is 1. The number of fused-ring (bicyclic) bond motifs is 1. The van der Waals surface area contributed by atoms with Crippen LogP contribution in [-0.4, -0.2) is 48.6 Å². The summed E-state index contributed by atoms with van der Waals surface area (Å²) in [6.07, 6.45) is 4.61. The molecular formula is C25H27ClN2O3. The molecule has 1 amide bonds. The highest BCUT2D eigenvalue weighted by Crippen LogP contribution is 2.48. The molecule has 0 radical (unpaired) electrons. The van der Waals surface area contributed by atoms with Crippen molar-refractivity contribution in [1.29, 1.82) is 0 Å². The molecule has 2 aromatic carbocycles. The number of carbonyl (C=O) groups is 2. The summed E-state index contributed by atoms with van der Waals surface area (Å²) in [5, 5.41) is 0.718. The van der Waals surface area contributed by atoms with Gasteiger partial charge in [-0.1, -0.05) is 42.3 Å². The van der Waals surface area contributed by atoms with E-state index in [0.29, 0.717) is 18.7 Å². The highest BCUT2D eigenvalue weighted by molar-refractivity contribution is 6.30. The first-order valence-corrected chi connectivity index (χ1v) is 11.6. The number of carbonyl (C=O) groups excluding carboxylic acids is 2. The Morgan fingerprint density at radius 3 is 2.45 bits per heavy atom. The summed E-state index contributed by atoms with van der Waals surface area (Å²) in [4.78, 5) is 30.9. The molecule has 0 N–H and O–H groups in total. The van der Waals surface area contributed by atoms with Crippen LogP contribution >= 0.6 is 11.6 Å². The summed E-state index contributed by atoms with van der Waals surface area (Å²) < 4.78 is 6.06. The van der Waals surface area contributed by atoms with Crippen LogP contribution in [0.2, 0.25) is 5.02 Å². The van der Waals surface area contributed by atoms with Crippen LogP contribution in [0.4, 0.5) is 5.69 Å². The lowest BCUT2D eigenvalue weighted by molar-refractivity contribution is -0.143. The summed E-state index contributed by atoms with van der Waals surface area (Å²) in [7, 11) is 0. The summed E-state index contributed by atoms with van der Waals surface area (Å²) in [5.41, 5.74) is 1.75. The minimum atomic E-state index is -0.704. The highest BCUT2D eigenvalue weighted by atomic mass is 35.5. The maximum absolute atomic E-state index is 13.9. The lowest BCUT2D eigenvalue weighted by Crippen LogP contribution is -2.56. The molecule has 1 atom stereocenters. The van der Waals surface area contributed by atoms with Crippen molar-refractivity contribution in [1.82, 2.24) is 4.90 Å². The van der Waals surface area contributed by atoms with Crippen molar-refractivity contribution >= 4 is 29.2 Å². The van der Waals surface area contributed by atoms with E-state index >= 15 is 0 Å². The highest BCUT2D eigenvalue weighted by Gasteiger charge is 2.53. The van der Waals surface area contributed by atoms with Gasteiger partial charge in [-0.15, -0.1) is 0 Å². The van der Waals surface area contributed by atoms with E-state index < -0.39 is 11.5 Å². The fourth-order valence-electron chi connectivity index (χ4n) is 5.46. The summed E-state index contributed by atoms with van der Waals surface area (Å²) in [6, 6.07) is 15.3. The van der Waals surface area contributed by atoms with Gasteiger partial charge in [-0.3, -0.25) is 4.79 Å². The van der Waals surface area contributed by atoms with Gasteiger partial charge in [0.1, 0.15) is 11.5 Å². The maximum atomic E-state index is 13.9. The molecule has 1 aliphatic carbocycles. The quantitative estimate of drug-likeness (QED) is 0.640. The number of nitrogens with zero attached hydrogens (tertiary/aromatic N) is 2. The number of benzene rings is 2. The predicted octanol–water partition coefficient (Wildman–Crippen LogP) is 4.65. The van der Waals surface area contributed by atoms with Gasteiger partial charge in [0.05, 0.1) is 5.56 Å².